The second kappa shape index (κ2) is 10.2. The van der Waals surface area contributed by atoms with E-state index in [0.29, 0.717) is 50.7 Å². The lowest BCUT2D eigenvalue weighted by Gasteiger charge is -2.19. The van der Waals surface area contributed by atoms with Crippen LogP contribution in [0.25, 0.3) is 28.1 Å². The van der Waals surface area contributed by atoms with Crippen molar-refractivity contribution in [2.45, 2.75) is 6.42 Å². The molecule has 2 N–H and O–H groups in total. The molecule has 0 radical (unpaired) electrons. The van der Waals surface area contributed by atoms with Crippen LogP contribution in [0.2, 0.25) is 5.02 Å². The number of H-pyrrole nitrogens is 1. The molecule has 3 aromatic carbocycles. The second-order valence-corrected chi connectivity index (χ2v) is 8.25. The number of carboxylic acids is 1. The predicted octanol–water partition coefficient (Wildman–Crippen LogP) is 7.18. The first-order valence-corrected chi connectivity index (χ1v) is 11.2. The standard InChI is InChI=1S/C26H18Cl2F2N2O2/c27-12-11-19(18-7-6-17(29)13-22(18)28)25(16-4-1-15(2-5-16)3-10-24(33)34)20-8-9-23-21(26(20)30)14-31-32-23/h1-10,13-14H,11-12H2,(H,31,32)(H,33,34). The van der Waals surface area contributed by atoms with Gasteiger partial charge in [-0.25, -0.2) is 13.6 Å². The molecule has 34 heavy (non-hydrogen) atoms. The Morgan fingerprint density at radius 3 is 2.47 bits per heavy atom. The number of hydrogen-bond acceptors (Lipinski definition) is 2. The Bertz CT molecular complexity index is 1430. The molecule has 0 aliphatic heterocycles. The van der Waals surface area contributed by atoms with E-state index < -0.39 is 17.6 Å². The average Bonchev–Trinajstić information content (AvgIpc) is 3.29. The van der Waals surface area contributed by atoms with Gasteiger partial charge in [0.25, 0.3) is 0 Å². The number of rotatable bonds is 7. The van der Waals surface area contributed by atoms with Crippen molar-refractivity contribution in [2.75, 3.05) is 5.88 Å². The van der Waals surface area contributed by atoms with Gasteiger partial charge in [-0.15, -0.1) is 11.6 Å². The fourth-order valence-corrected chi connectivity index (χ4v) is 4.29. The van der Waals surface area contributed by atoms with Crippen molar-refractivity contribution in [1.29, 1.82) is 0 Å². The van der Waals surface area contributed by atoms with E-state index in [1.54, 1.807) is 42.5 Å². The molecule has 0 amide bonds. The number of alkyl halides is 1. The maximum atomic E-state index is 15.7. The summed E-state index contributed by atoms with van der Waals surface area (Å²) in [6.45, 7) is 0. The predicted molar refractivity (Wildman–Crippen MR) is 132 cm³/mol. The van der Waals surface area contributed by atoms with Gasteiger partial charge in [0.2, 0.25) is 0 Å². The summed E-state index contributed by atoms with van der Waals surface area (Å²) in [5.74, 6) is -1.79. The van der Waals surface area contributed by atoms with Crippen LogP contribution in [0.3, 0.4) is 0 Å². The lowest BCUT2D eigenvalue weighted by atomic mass is 9.87. The van der Waals surface area contributed by atoms with Crippen LogP contribution in [0, 0.1) is 11.6 Å². The molecular formula is C26H18Cl2F2N2O2. The van der Waals surface area contributed by atoms with Crippen molar-refractivity contribution < 1.29 is 18.7 Å². The summed E-state index contributed by atoms with van der Waals surface area (Å²) in [7, 11) is 0. The second-order valence-electron chi connectivity index (χ2n) is 7.47. The summed E-state index contributed by atoms with van der Waals surface area (Å²) < 4.78 is 29.5. The molecule has 0 saturated heterocycles. The molecule has 0 bridgehead atoms. The van der Waals surface area contributed by atoms with E-state index in [-0.39, 0.29) is 10.9 Å². The van der Waals surface area contributed by atoms with Crippen LogP contribution < -0.4 is 0 Å². The summed E-state index contributed by atoms with van der Waals surface area (Å²) in [5, 5.41) is 16.1. The minimum absolute atomic E-state index is 0.184. The van der Waals surface area contributed by atoms with Crippen molar-refractivity contribution in [2.24, 2.45) is 0 Å². The molecule has 172 valence electrons. The number of carbonyl (C=O) groups is 1. The highest BCUT2D eigenvalue weighted by Gasteiger charge is 2.21. The number of nitrogens with zero attached hydrogens (tertiary/aromatic N) is 1. The molecule has 8 heteroatoms. The number of benzene rings is 3. The SMILES string of the molecule is O=C(O)C=Cc1ccc(C(=C(CCCl)c2ccc(F)cc2Cl)c2ccc3[nH]ncc3c2F)cc1. The summed E-state index contributed by atoms with van der Waals surface area (Å²) in [6, 6.07) is 14.4. The first-order valence-electron chi connectivity index (χ1n) is 10.3. The molecule has 0 aliphatic rings. The lowest BCUT2D eigenvalue weighted by Crippen LogP contribution is -2.00. The topological polar surface area (TPSA) is 66.0 Å². The molecule has 1 aromatic heterocycles. The molecule has 1 heterocycles. The number of aliphatic carboxylic acids is 1. The quantitative estimate of drug-likeness (QED) is 0.161. The van der Waals surface area contributed by atoms with Crippen molar-refractivity contribution in [3.8, 4) is 0 Å². The largest absolute Gasteiger partial charge is 0.478 e. The van der Waals surface area contributed by atoms with Crippen LogP contribution >= 0.6 is 23.2 Å². The molecule has 0 atom stereocenters. The number of fused-ring (bicyclic) bond motifs is 1. The maximum Gasteiger partial charge on any atom is 0.328 e. The Hall–Kier alpha value is -3.48. The zero-order valence-electron chi connectivity index (χ0n) is 17.7. The highest BCUT2D eigenvalue weighted by molar-refractivity contribution is 6.33. The highest BCUT2D eigenvalue weighted by Crippen LogP contribution is 2.39. The number of carboxylic acid groups (broad SMARTS) is 1. The highest BCUT2D eigenvalue weighted by atomic mass is 35.5. The van der Waals surface area contributed by atoms with Crippen LogP contribution in [0.5, 0.6) is 0 Å². The minimum Gasteiger partial charge on any atom is -0.478 e. The molecule has 4 aromatic rings. The Morgan fingerprint density at radius 2 is 1.79 bits per heavy atom. The molecule has 0 fully saturated rings. The zero-order valence-corrected chi connectivity index (χ0v) is 19.2. The molecule has 0 spiro atoms. The first kappa shape index (κ1) is 23.7. The Morgan fingerprint density at radius 1 is 1.06 bits per heavy atom. The van der Waals surface area contributed by atoms with E-state index in [1.165, 1.54) is 24.4 Å². The molecular weight excluding hydrogens is 481 g/mol. The molecule has 4 rings (SSSR count). The van der Waals surface area contributed by atoms with Gasteiger partial charge in [-0.3, -0.25) is 5.10 Å². The number of allylic oxidation sites excluding steroid dienone is 1. The van der Waals surface area contributed by atoms with Gasteiger partial charge in [0, 0.05) is 17.5 Å². The minimum atomic E-state index is -1.06. The number of halogens is 4. The molecule has 0 aliphatic carbocycles. The lowest BCUT2D eigenvalue weighted by molar-refractivity contribution is -0.131. The Labute approximate surface area is 204 Å². The number of aromatic amines is 1. The van der Waals surface area contributed by atoms with Crippen molar-refractivity contribution in [3.05, 3.63) is 106 Å². The summed E-state index contributed by atoms with van der Waals surface area (Å²) in [5.41, 5.74) is 3.92. The third kappa shape index (κ3) is 4.88. The van der Waals surface area contributed by atoms with Crippen molar-refractivity contribution >= 4 is 57.3 Å². The van der Waals surface area contributed by atoms with Crippen LogP contribution in [-0.2, 0) is 4.79 Å². The van der Waals surface area contributed by atoms with E-state index >= 15 is 4.39 Å². The fraction of sp³-hybridized carbons (Fsp3) is 0.0769. The van der Waals surface area contributed by atoms with Gasteiger partial charge in [-0.1, -0.05) is 41.9 Å². The zero-order chi connectivity index (χ0) is 24.2. The number of aromatic nitrogens is 2. The summed E-state index contributed by atoms with van der Waals surface area (Å²) in [6.07, 6.45) is 4.25. The van der Waals surface area contributed by atoms with E-state index in [9.17, 15) is 9.18 Å². The molecule has 0 unspecified atom stereocenters. The number of nitrogens with one attached hydrogen (secondary N) is 1. The van der Waals surface area contributed by atoms with Gasteiger partial charge in [-0.2, -0.15) is 5.10 Å². The van der Waals surface area contributed by atoms with Crippen LogP contribution in [0.4, 0.5) is 8.78 Å². The third-order valence-corrected chi connectivity index (χ3v) is 5.85. The Kier molecular flexibility index (Phi) is 7.10. The van der Waals surface area contributed by atoms with E-state index in [2.05, 4.69) is 10.2 Å². The van der Waals surface area contributed by atoms with E-state index in [1.807, 2.05) is 0 Å². The van der Waals surface area contributed by atoms with Gasteiger partial charge in [0.05, 0.1) is 22.1 Å². The number of hydrogen-bond donors (Lipinski definition) is 2. The van der Waals surface area contributed by atoms with Gasteiger partial charge in [0.1, 0.15) is 11.6 Å². The van der Waals surface area contributed by atoms with E-state index in [0.717, 1.165) is 6.08 Å². The monoisotopic (exact) mass is 498 g/mol. The fourth-order valence-electron chi connectivity index (χ4n) is 3.82. The van der Waals surface area contributed by atoms with Crippen LogP contribution in [0.15, 0.2) is 66.9 Å². The van der Waals surface area contributed by atoms with Crippen molar-refractivity contribution in [3.63, 3.8) is 0 Å². The normalized spacial score (nSPS) is 12.4. The van der Waals surface area contributed by atoms with Gasteiger partial charge < -0.3 is 5.11 Å². The van der Waals surface area contributed by atoms with Gasteiger partial charge in [0.15, 0.2) is 0 Å². The molecule has 0 saturated carbocycles. The van der Waals surface area contributed by atoms with Crippen molar-refractivity contribution in [1.82, 2.24) is 10.2 Å². The van der Waals surface area contributed by atoms with E-state index in [4.69, 9.17) is 28.3 Å². The summed E-state index contributed by atoms with van der Waals surface area (Å²) >= 11 is 12.5. The van der Waals surface area contributed by atoms with Crippen LogP contribution in [0.1, 0.15) is 28.7 Å². The third-order valence-electron chi connectivity index (χ3n) is 5.35. The first-order chi connectivity index (χ1) is 16.4. The Balaban J connectivity index is 2.00. The molecule has 4 nitrogen and oxygen atoms in total. The maximum absolute atomic E-state index is 15.7. The van der Waals surface area contributed by atoms with Gasteiger partial charge in [-0.05, 0) is 64.6 Å². The smallest absolute Gasteiger partial charge is 0.328 e. The van der Waals surface area contributed by atoms with Crippen LogP contribution in [-0.4, -0.2) is 27.2 Å². The average molecular weight is 499 g/mol. The van der Waals surface area contributed by atoms with Gasteiger partial charge >= 0.3 is 5.97 Å². The summed E-state index contributed by atoms with van der Waals surface area (Å²) in [4.78, 5) is 10.8.